The van der Waals surface area contributed by atoms with Crippen LogP contribution in [-0.2, 0) is 0 Å². The highest BCUT2D eigenvalue weighted by Gasteiger charge is 2.18. The summed E-state index contributed by atoms with van der Waals surface area (Å²) in [7, 11) is 4.87. The normalized spacial score (nSPS) is 13.8. The molecule has 0 aliphatic carbocycles. The summed E-state index contributed by atoms with van der Waals surface area (Å²) in [6, 6.07) is 3.67. The van der Waals surface area contributed by atoms with Crippen LogP contribution >= 0.6 is 0 Å². The van der Waals surface area contributed by atoms with Gasteiger partial charge in [0, 0.05) is 17.7 Å². The lowest BCUT2D eigenvalue weighted by atomic mass is 9.94. The molecule has 0 aliphatic heterocycles. The first-order valence-corrected chi connectivity index (χ1v) is 6.62. The molecule has 0 fully saturated rings. The quantitative estimate of drug-likeness (QED) is 0.824. The Morgan fingerprint density at radius 3 is 2.00 bits per heavy atom. The number of ether oxygens (including phenoxy) is 3. The lowest BCUT2D eigenvalue weighted by Crippen LogP contribution is -2.15. The van der Waals surface area contributed by atoms with Crippen LogP contribution in [0.3, 0.4) is 0 Å². The lowest BCUT2D eigenvalue weighted by Gasteiger charge is -2.20. The highest BCUT2D eigenvalue weighted by Crippen LogP contribution is 2.38. The third kappa shape index (κ3) is 3.77. The van der Waals surface area contributed by atoms with Crippen LogP contribution in [0.4, 0.5) is 0 Å². The monoisotopic (exact) mass is 267 g/mol. The Labute approximate surface area is 115 Å². The van der Waals surface area contributed by atoms with Crippen molar-refractivity contribution in [2.24, 2.45) is 11.7 Å². The molecular formula is C15H25NO3. The molecule has 0 aromatic heterocycles. The zero-order valence-corrected chi connectivity index (χ0v) is 12.5. The smallest absolute Gasteiger partial charge is 0.164 e. The highest BCUT2D eigenvalue weighted by atomic mass is 16.5. The van der Waals surface area contributed by atoms with E-state index < -0.39 is 0 Å². The SMILES string of the molecule is CCC(C)CC(N)c1cc(OC)c(OC)cc1OC. The van der Waals surface area contributed by atoms with Crippen LogP contribution in [0.1, 0.15) is 38.3 Å². The zero-order chi connectivity index (χ0) is 14.4. The molecule has 19 heavy (non-hydrogen) atoms. The summed E-state index contributed by atoms with van der Waals surface area (Å²) in [5.74, 6) is 2.65. The van der Waals surface area contributed by atoms with Gasteiger partial charge in [-0.2, -0.15) is 0 Å². The van der Waals surface area contributed by atoms with Crippen molar-refractivity contribution in [2.45, 2.75) is 32.7 Å². The van der Waals surface area contributed by atoms with Gasteiger partial charge in [-0.1, -0.05) is 20.3 Å². The maximum absolute atomic E-state index is 6.29. The number of methoxy groups -OCH3 is 3. The summed E-state index contributed by atoms with van der Waals surface area (Å²) in [5, 5.41) is 0. The molecule has 0 bridgehead atoms. The molecule has 0 saturated heterocycles. The second-order valence-electron chi connectivity index (χ2n) is 4.80. The minimum absolute atomic E-state index is 0.0651. The van der Waals surface area contributed by atoms with Crippen molar-refractivity contribution >= 4 is 0 Å². The summed E-state index contributed by atoms with van der Waals surface area (Å²) in [6.07, 6.45) is 2.03. The van der Waals surface area contributed by atoms with Gasteiger partial charge in [-0.05, 0) is 18.4 Å². The largest absolute Gasteiger partial charge is 0.496 e. The van der Waals surface area contributed by atoms with Crippen LogP contribution in [0.25, 0.3) is 0 Å². The van der Waals surface area contributed by atoms with E-state index in [0.29, 0.717) is 17.4 Å². The first-order valence-electron chi connectivity index (χ1n) is 6.62. The summed E-state index contributed by atoms with van der Waals surface area (Å²) in [4.78, 5) is 0. The molecule has 0 heterocycles. The predicted octanol–water partition coefficient (Wildman–Crippen LogP) is 3.15. The first-order chi connectivity index (χ1) is 9.07. The Hall–Kier alpha value is -1.42. The van der Waals surface area contributed by atoms with E-state index in [1.165, 1.54) is 0 Å². The molecule has 4 heteroatoms. The van der Waals surface area contributed by atoms with E-state index in [-0.39, 0.29) is 6.04 Å². The molecule has 2 atom stereocenters. The minimum atomic E-state index is -0.0651. The summed E-state index contributed by atoms with van der Waals surface area (Å²) >= 11 is 0. The lowest BCUT2D eigenvalue weighted by molar-refractivity contribution is 0.344. The third-order valence-corrected chi connectivity index (χ3v) is 3.49. The van der Waals surface area contributed by atoms with Gasteiger partial charge in [0.05, 0.1) is 21.3 Å². The van der Waals surface area contributed by atoms with Crippen molar-refractivity contribution in [3.8, 4) is 17.2 Å². The molecule has 0 saturated carbocycles. The molecule has 2 N–H and O–H groups in total. The number of hydrogen-bond acceptors (Lipinski definition) is 4. The fraction of sp³-hybridized carbons (Fsp3) is 0.600. The zero-order valence-electron chi connectivity index (χ0n) is 12.5. The average molecular weight is 267 g/mol. The number of hydrogen-bond donors (Lipinski definition) is 1. The second-order valence-corrected chi connectivity index (χ2v) is 4.80. The topological polar surface area (TPSA) is 53.7 Å². The van der Waals surface area contributed by atoms with Gasteiger partial charge in [0.15, 0.2) is 11.5 Å². The summed E-state index contributed by atoms with van der Waals surface area (Å²) < 4.78 is 16.0. The Kier molecular flexibility index (Phi) is 5.96. The van der Waals surface area contributed by atoms with Crippen molar-refractivity contribution in [1.82, 2.24) is 0 Å². The highest BCUT2D eigenvalue weighted by molar-refractivity contribution is 5.51. The van der Waals surface area contributed by atoms with Gasteiger partial charge in [-0.15, -0.1) is 0 Å². The number of nitrogens with two attached hydrogens (primary N) is 1. The first kappa shape index (κ1) is 15.6. The molecule has 108 valence electrons. The van der Waals surface area contributed by atoms with Crippen molar-refractivity contribution in [3.63, 3.8) is 0 Å². The van der Waals surface area contributed by atoms with Gasteiger partial charge in [-0.3, -0.25) is 0 Å². The van der Waals surface area contributed by atoms with E-state index in [1.807, 2.05) is 12.1 Å². The van der Waals surface area contributed by atoms with Crippen LogP contribution in [0, 0.1) is 5.92 Å². The van der Waals surface area contributed by atoms with E-state index in [9.17, 15) is 0 Å². The maximum Gasteiger partial charge on any atom is 0.164 e. The van der Waals surface area contributed by atoms with Crippen LogP contribution < -0.4 is 19.9 Å². The van der Waals surface area contributed by atoms with E-state index in [4.69, 9.17) is 19.9 Å². The van der Waals surface area contributed by atoms with Crippen LogP contribution in [0.2, 0.25) is 0 Å². The standard InChI is InChI=1S/C15H25NO3/c1-6-10(2)7-12(16)11-8-14(18-4)15(19-5)9-13(11)17-3/h8-10,12H,6-7,16H2,1-5H3. The summed E-state index contributed by atoms with van der Waals surface area (Å²) in [5.41, 5.74) is 7.25. The number of benzene rings is 1. The fourth-order valence-corrected chi connectivity index (χ4v) is 2.07. The van der Waals surface area contributed by atoms with Crippen LogP contribution in [-0.4, -0.2) is 21.3 Å². The van der Waals surface area contributed by atoms with Gasteiger partial charge in [0.25, 0.3) is 0 Å². The van der Waals surface area contributed by atoms with E-state index >= 15 is 0 Å². The summed E-state index contributed by atoms with van der Waals surface area (Å²) in [6.45, 7) is 4.37. The molecule has 0 amide bonds. The van der Waals surface area contributed by atoms with Gasteiger partial charge < -0.3 is 19.9 Å². The van der Waals surface area contributed by atoms with Gasteiger partial charge >= 0.3 is 0 Å². The average Bonchev–Trinajstić information content (AvgIpc) is 2.45. The molecule has 4 nitrogen and oxygen atoms in total. The predicted molar refractivity (Wildman–Crippen MR) is 77.1 cm³/mol. The van der Waals surface area contributed by atoms with Crippen LogP contribution in [0.5, 0.6) is 17.2 Å². The Morgan fingerprint density at radius 1 is 1.00 bits per heavy atom. The third-order valence-electron chi connectivity index (χ3n) is 3.49. The van der Waals surface area contributed by atoms with Gasteiger partial charge in [0.1, 0.15) is 5.75 Å². The molecule has 1 aromatic carbocycles. The number of rotatable bonds is 7. The van der Waals surface area contributed by atoms with E-state index in [0.717, 1.165) is 24.2 Å². The molecular weight excluding hydrogens is 242 g/mol. The molecule has 0 radical (unpaired) electrons. The van der Waals surface area contributed by atoms with Gasteiger partial charge in [-0.25, -0.2) is 0 Å². The molecule has 1 rings (SSSR count). The van der Waals surface area contributed by atoms with Crippen molar-refractivity contribution < 1.29 is 14.2 Å². The molecule has 0 aliphatic rings. The minimum Gasteiger partial charge on any atom is -0.496 e. The van der Waals surface area contributed by atoms with E-state index in [2.05, 4.69) is 13.8 Å². The van der Waals surface area contributed by atoms with Crippen LogP contribution in [0.15, 0.2) is 12.1 Å². The molecule has 0 spiro atoms. The van der Waals surface area contributed by atoms with Crippen molar-refractivity contribution in [3.05, 3.63) is 17.7 Å². The van der Waals surface area contributed by atoms with Crippen molar-refractivity contribution in [2.75, 3.05) is 21.3 Å². The second kappa shape index (κ2) is 7.24. The Bertz CT molecular complexity index is 407. The van der Waals surface area contributed by atoms with E-state index in [1.54, 1.807) is 21.3 Å². The Balaban J connectivity index is 3.10. The fourth-order valence-electron chi connectivity index (χ4n) is 2.07. The van der Waals surface area contributed by atoms with Gasteiger partial charge in [0.2, 0.25) is 0 Å². The molecule has 1 aromatic rings. The molecule has 2 unspecified atom stereocenters. The maximum atomic E-state index is 6.29. The van der Waals surface area contributed by atoms with Crippen molar-refractivity contribution in [1.29, 1.82) is 0 Å². The Morgan fingerprint density at radius 2 is 1.53 bits per heavy atom.